The summed E-state index contributed by atoms with van der Waals surface area (Å²) in [5.41, 5.74) is 12.1. The van der Waals surface area contributed by atoms with Gasteiger partial charge in [0.2, 0.25) is 0 Å². The fourth-order valence-electron chi connectivity index (χ4n) is 7.98. The number of rotatable bonds is 6. The van der Waals surface area contributed by atoms with Crippen molar-refractivity contribution in [3.8, 4) is 29.3 Å². The average Bonchev–Trinajstić information content (AvgIpc) is 3.70. The molecule has 2 unspecified atom stereocenters. The van der Waals surface area contributed by atoms with Crippen LogP contribution in [0.5, 0.6) is 0 Å². The van der Waals surface area contributed by atoms with E-state index in [2.05, 4.69) is 120 Å². The first-order valence-electron chi connectivity index (χ1n) is 17.2. The van der Waals surface area contributed by atoms with Crippen LogP contribution in [0.15, 0.2) is 140 Å². The summed E-state index contributed by atoms with van der Waals surface area (Å²) in [5.74, 6) is 0.284. The van der Waals surface area contributed by atoms with Crippen molar-refractivity contribution >= 4 is 44.5 Å². The maximum absolute atomic E-state index is 10.4. The summed E-state index contributed by atoms with van der Waals surface area (Å²) in [7, 11) is 0. The average molecular weight is 656 g/mol. The zero-order valence-electron chi connectivity index (χ0n) is 28.4. The molecule has 6 aromatic rings. The van der Waals surface area contributed by atoms with Gasteiger partial charge in [-0.2, -0.15) is 15.8 Å². The van der Waals surface area contributed by atoms with Crippen LogP contribution in [0.25, 0.3) is 44.2 Å². The van der Waals surface area contributed by atoms with E-state index >= 15 is 0 Å². The second kappa shape index (κ2) is 12.9. The number of hydrogen-bond donors (Lipinski definition) is 0. The Bertz CT molecular complexity index is 2640. The van der Waals surface area contributed by atoms with Crippen LogP contribution in [0.2, 0.25) is 0 Å². The highest BCUT2D eigenvalue weighted by Crippen LogP contribution is 2.48. The highest BCUT2D eigenvalue weighted by atomic mass is 15.2. The molecule has 1 aliphatic heterocycles. The lowest BCUT2D eigenvalue weighted by Crippen LogP contribution is -2.28. The first-order chi connectivity index (χ1) is 25.1. The molecule has 2 aliphatic rings. The molecule has 0 N–H and O–H groups in total. The number of nitrogens with zero attached hydrogens (tertiary/aromatic N) is 5. The van der Waals surface area contributed by atoms with Crippen LogP contribution < -0.4 is 4.90 Å². The van der Waals surface area contributed by atoms with Gasteiger partial charge < -0.3 is 9.47 Å². The summed E-state index contributed by atoms with van der Waals surface area (Å²) < 4.78 is 2.21. The van der Waals surface area contributed by atoms with E-state index in [4.69, 9.17) is 0 Å². The molecule has 0 radical (unpaired) electrons. The number of allylic oxidation sites excluding steroid dienone is 6. The molecule has 8 rings (SSSR count). The minimum Gasteiger partial charge on any atom is -0.333 e. The van der Waals surface area contributed by atoms with Gasteiger partial charge in [-0.3, -0.25) is 0 Å². The zero-order chi connectivity index (χ0) is 35.1. The van der Waals surface area contributed by atoms with Gasteiger partial charge in [0.05, 0.1) is 52.0 Å². The molecule has 0 amide bonds. The minimum absolute atomic E-state index is 0.180. The third-order valence-corrected chi connectivity index (χ3v) is 10.2. The molecule has 5 aromatic carbocycles. The van der Waals surface area contributed by atoms with Crippen LogP contribution >= 0.6 is 0 Å². The highest BCUT2D eigenvalue weighted by Gasteiger charge is 2.37. The number of aromatic nitrogens is 1. The van der Waals surface area contributed by atoms with Gasteiger partial charge in [-0.25, -0.2) is 0 Å². The number of para-hydroxylation sites is 1. The molecule has 1 aromatic heterocycles. The van der Waals surface area contributed by atoms with Crippen molar-refractivity contribution in [3.63, 3.8) is 0 Å². The fraction of sp³-hybridized carbons (Fsp3) is 0.109. The van der Waals surface area contributed by atoms with Crippen LogP contribution in [0.3, 0.4) is 0 Å². The Labute approximate surface area is 297 Å². The molecule has 1 aliphatic carbocycles. The first-order valence-corrected chi connectivity index (χ1v) is 17.2. The molecule has 242 valence electrons. The van der Waals surface area contributed by atoms with E-state index in [1.54, 1.807) is 0 Å². The minimum atomic E-state index is 0.180. The Hall–Kier alpha value is -6.87. The van der Waals surface area contributed by atoms with Crippen LogP contribution in [0, 0.1) is 34.0 Å². The third-order valence-electron chi connectivity index (χ3n) is 10.2. The summed E-state index contributed by atoms with van der Waals surface area (Å²) >= 11 is 0. The molecule has 0 fully saturated rings. The van der Waals surface area contributed by atoms with Crippen LogP contribution in [-0.2, 0) is 0 Å². The van der Waals surface area contributed by atoms with Gasteiger partial charge in [0, 0.05) is 39.3 Å². The van der Waals surface area contributed by atoms with Gasteiger partial charge in [0.1, 0.15) is 0 Å². The van der Waals surface area contributed by atoms with Gasteiger partial charge in [-0.05, 0) is 102 Å². The van der Waals surface area contributed by atoms with Gasteiger partial charge in [-0.1, -0.05) is 79.8 Å². The third kappa shape index (κ3) is 5.06. The number of benzene rings is 5. The molecule has 5 nitrogen and oxygen atoms in total. The number of anilines is 2. The van der Waals surface area contributed by atoms with E-state index in [0.29, 0.717) is 23.1 Å². The molecule has 0 spiro atoms. The standard InChI is InChI=1S/C46H33N5/c1-3-11-41(51-44-23-20-30(27-47)24-40(44)46-34(29-49)13-10-19-45(46)51)36(4-2)32-21-22-33(28-48)39(26-32)31-12-9-14-35(25-31)50-42-17-7-5-15-37(42)38-16-6-8-18-43(38)50/h3,5-26,37,42H,4H2,1-2H3/b11-3-,41-36-. The number of fused-ring (bicyclic) bond motifs is 6. The van der Waals surface area contributed by atoms with E-state index in [0.717, 1.165) is 55.5 Å². The van der Waals surface area contributed by atoms with Gasteiger partial charge >= 0.3 is 0 Å². The zero-order valence-corrected chi connectivity index (χ0v) is 28.4. The second-order valence-corrected chi connectivity index (χ2v) is 12.8. The monoisotopic (exact) mass is 655 g/mol. The molecule has 0 bridgehead atoms. The van der Waals surface area contributed by atoms with Crippen LogP contribution in [-0.4, -0.2) is 10.6 Å². The van der Waals surface area contributed by atoms with E-state index in [1.807, 2.05) is 61.5 Å². The normalized spacial score (nSPS) is 16.5. The Morgan fingerprint density at radius 2 is 1.59 bits per heavy atom. The highest BCUT2D eigenvalue weighted by molar-refractivity contribution is 6.14. The maximum atomic E-state index is 10.4. The van der Waals surface area contributed by atoms with Gasteiger partial charge in [0.15, 0.2) is 0 Å². The molecule has 0 saturated heterocycles. The van der Waals surface area contributed by atoms with Crippen molar-refractivity contribution in [1.82, 2.24) is 4.57 Å². The Balaban J connectivity index is 1.32. The van der Waals surface area contributed by atoms with Gasteiger partial charge in [0.25, 0.3) is 0 Å². The number of hydrogen-bond acceptors (Lipinski definition) is 4. The molecule has 5 heteroatoms. The molecule has 51 heavy (non-hydrogen) atoms. The molecule has 0 saturated carbocycles. The quantitative estimate of drug-likeness (QED) is 0.167. The lowest BCUT2D eigenvalue weighted by molar-refractivity contribution is 0.745. The second-order valence-electron chi connectivity index (χ2n) is 12.8. The van der Waals surface area contributed by atoms with Crippen molar-refractivity contribution in [1.29, 1.82) is 15.8 Å². The molecule has 2 heterocycles. The van der Waals surface area contributed by atoms with E-state index in [1.165, 1.54) is 11.3 Å². The van der Waals surface area contributed by atoms with Crippen molar-refractivity contribution in [2.45, 2.75) is 32.2 Å². The largest absolute Gasteiger partial charge is 0.333 e. The van der Waals surface area contributed by atoms with Crippen molar-refractivity contribution < 1.29 is 0 Å². The molecular formula is C46H33N5. The van der Waals surface area contributed by atoms with E-state index in [-0.39, 0.29) is 12.0 Å². The van der Waals surface area contributed by atoms with E-state index in [9.17, 15) is 15.8 Å². The topological polar surface area (TPSA) is 79.5 Å². The Morgan fingerprint density at radius 3 is 2.39 bits per heavy atom. The Kier molecular flexibility index (Phi) is 7.92. The van der Waals surface area contributed by atoms with Crippen LogP contribution in [0.1, 0.15) is 54.0 Å². The number of nitriles is 3. The van der Waals surface area contributed by atoms with E-state index < -0.39 is 0 Å². The SMILES string of the molecule is C/C=C\C(=C(/CC)c1ccc(C#N)c(-c2cccc(N3c4ccccc4C4C=CC=CC43)c2)c1)n1c2ccc(C#N)cc2c2c(C#N)cccc21. The maximum Gasteiger partial charge on any atom is 0.0998 e. The van der Waals surface area contributed by atoms with Crippen molar-refractivity contribution in [2.24, 2.45) is 0 Å². The van der Waals surface area contributed by atoms with Gasteiger partial charge in [-0.15, -0.1) is 0 Å². The smallest absolute Gasteiger partial charge is 0.0998 e. The lowest BCUT2D eigenvalue weighted by atomic mass is 9.91. The molecule has 2 atom stereocenters. The summed E-state index contributed by atoms with van der Waals surface area (Å²) in [6.07, 6.45) is 13.7. The summed E-state index contributed by atoms with van der Waals surface area (Å²) in [6.45, 7) is 4.15. The lowest BCUT2D eigenvalue weighted by Gasteiger charge is -2.29. The predicted octanol–water partition coefficient (Wildman–Crippen LogP) is 11.2. The van der Waals surface area contributed by atoms with Crippen molar-refractivity contribution in [3.05, 3.63) is 167 Å². The Morgan fingerprint density at radius 1 is 0.765 bits per heavy atom. The summed E-state index contributed by atoms with van der Waals surface area (Å²) in [6, 6.07) is 42.0. The predicted molar refractivity (Wildman–Crippen MR) is 207 cm³/mol. The van der Waals surface area contributed by atoms with Crippen molar-refractivity contribution in [2.75, 3.05) is 4.90 Å². The fourth-order valence-corrected chi connectivity index (χ4v) is 7.98. The summed E-state index contributed by atoms with van der Waals surface area (Å²) in [4.78, 5) is 2.41. The summed E-state index contributed by atoms with van der Waals surface area (Å²) in [5, 5.41) is 31.9. The van der Waals surface area contributed by atoms with Crippen LogP contribution in [0.4, 0.5) is 11.4 Å². The first kappa shape index (κ1) is 31.4. The molecular weight excluding hydrogens is 623 g/mol.